The Bertz CT molecular complexity index is 589. The van der Waals surface area contributed by atoms with Crippen LogP contribution in [0.3, 0.4) is 0 Å². The fraction of sp³-hybridized carbons (Fsp3) is 0.357. The Labute approximate surface area is 118 Å². The maximum atomic E-state index is 12.0. The van der Waals surface area contributed by atoms with Crippen LogP contribution < -0.4 is 5.73 Å². The highest BCUT2D eigenvalue weighted by Crippen LogP contribution is 2.16. The monoisotopic (exact) mass is 273 g/mol. The Morgan fingerprint density at radius 2 is 2.10 bits per heavy atom. The number of nitrogen functional groups attached to an aromatic ring is 1. The molecule has 0 aliphatic rings. The molecule has 20 heavy (non-hydrogen) atoms. The maximum Gasteiger partial charge on any atom is 0.244 e. The molecule has 106 valence electrons. The number of aromatic nitrogens is 3. The number of likely N-dealkylation sites (N-methyl/N-ethyl adjacent to an activating group) is 1. The van der Waals surface area contributed by atoms with E-state index in [4.69, 9.17) is 5.73 Å². The highest BCUT2D eigenvalue weighted by molar-refractivity contribution is 5.75. The van der Waals surface area contributed by atoms with Crippen molar-refractivity contribution in [1.82, 2.24) is 19.7 Å². The molecular weight excluding hydrogens is 254 g/mol. The van der Waals surface area contributed by atoms with Gasteiger partial charge in [-0.1, -0.05) is 12.1 Å². The van der Waals surface area contributed by atoms with E-state index in [1.807, 2.05) is 38.1 Å². The van der Waals surface area contributed by atoms with Gasteiger partial charge < -0.3 is 10.6 Å². The van der Waals surface area contributed by atoms with Crippen LogP contribution in [0.25, 0.3) is 11.4 Å². The second-order valence-corrected chi connectivity index (χ2v) is 4.46. The number of carbonyl (C=O) groups excluding carboxylic acids is 1. The first-order valence-electron chi connectivity index (χ1n) is 6.67. The lowest BCUT2D eigenvalue weighted by atomic mass is 10.2. The number of anilines is 1. The minimum absolute atomic E-state index is 0.0408. The third-order valence-corrected chi connectivity index (χ3v) is 3.09. The second kappa shape index (κ2) is 6.18. The van der Waals surface area contributed by atoms with Crippen LogP contribution >= 0.6 is 0 Å². The van der Waals surface area contributed by atoms with E-state index in [1.165, 1.54) is 0 Å². The van der Waals surface area contributed by atoms with Crippen molar-refractivity contribution in [3.05, 3.63) is 30.6 Å². The topological polar surface area (TPSA) is 77.0 Å². The molecule has 0 aliphatic carbocycles. The number of amides is 1. The van der Waals surface area contributed by atoms with Gasteiger partial charge in [0.1, 0.15) is 12.9 Å². The molecule has 0 unspecified atom stereocenters. The van der Waals surface area contributed by atoms with Crippen molar-refractivity contribution in [2.24, 2.45) is 0 Å². The molecule has 1 aromatic heterocycles. The van der Waals surface area contributed by atoms with Gasteiger partial charge in [0.2, 0.25) is 5.91 Å². The van der Waals surface area contributed by atoms with E-state index in [0.717, 1.165) is 5.56 Å². The van der Waals surface area contributed by atoms with Gasteiger partial charge in [0.25, 0.3) is 0 Å². The van der Waals surface area contributed by atoms with Crippen LogP contribution in [0.5, 0.6) is 0 Å². The molecule has 1 heterocycles. The fourth-order valence-corrected chi connectivity index (χ4v) is 2.00. The van der Waals surface area contributed by atoms with Crippen molar-refractivity contribution in [2.75, 3.05) is 18.8 Å². The van der Waals surface area contributed by atoms with E-state index >= 15 is 0 Å². The largest absolute Gasteiger partial charge is 0.399 e. The van der Waals surface area contributed by atoms with E-state index in [0.29, 0.717) is 24.6 Å². The molecule has 1 amide bonds. The molecule has 0 radical (unpaired) electrons. The summed E-state index contributed by atoms with van der Waals surface area (Å²) in [6.45, 7) is 5.52. The average Bonchev–Trinajstić information content (AvgIpc) is 2.88. The molecule has 2 rings (SSSR count). The SMILES string of the molecule is CCN(CC)C(=O)Cn1cnc(-c2cccc(N)c2)n1. The normalized spacial score (nSPS) is 10.5. The Balaban J connectivity index is 2.11. The third kappa shape index (κ3) is 3.14. The Morgan fingerprint density at radius 1 is 1.35 bits per heavy atom. The average molecular weight is 273 g/mol. The molecule has 0 aliphatic heterocycles. The zero-order valence-electron chi connectivity index (χ0n) is 11.8. The summed E-state index contributed by atoms with van der Waals surface area (Å²) in [4.78, 5) is 18.0. The summed E-state index contributed by atoms with van der Waals surface area (Å²) >= 11 is 0. The van der Waals surface area contributed by atoms with Crippen LogP contribution in [0, 0.1) is 0 Å². The molecule has 0 saturated heterocycles. The third-order valence-electron chi connectivity index (χ3n) is 3.09. The lowest BCUT2D eigenvalue weighted by Gasteiger charge is -2.18. The van der Waals surface area contributed by atoms with E-state index in [9.17, 15) is 4.79 Å². The standard InChI is InChI=1S/C14H19N5O/c1-3-18(4-2)13(20)9-19-10-16-14(17-19)11-6-5-7-12(15)8-11/h5-8,10H,3-4,9,15H2,1-2H3. The molecule has 0 fully saturated rings. The van der Waals surface area contributed by atoms with Crippen LogP contribution in [0.1, 0.15) is 13.8 Å². The van der Waals surface area contributed by atoms with Crippen molar-refractivity contribution in [3.8, 4) is 11.4 Å². The van der Waals surface area contributed by atoms with Crippen LogP contribution in [0.15, 0.2) is 30.6 Å². The summed E-state index contributed by atoms with van der Waals surface area (Å²) in [5.41, 5.74) is 7.25. The number of hydrogen-bond acceptors (Lipinski definition) is 4. The minimum atomic E-state index is 0.0408. The lowest BCUT2D eigenvalue weighted by molar-refractivity contribution is -0.131. The van der Waals surface area contributed by atoms with Gasteiger partial charge in [-0.05, 0) is 26.0 Å². The summed E-state index contributed by atoms with van der Waals surface area (Å²) in [5, 5.41) is 4.32. The van der Waals surface area contributed by atoms with Crippen molar-refractivity contribution in [2.45, 2.75) is 20.4 Å². The highest BCUT2D eigenvalue weighted by Gasteiger charge is 2.12. The van der Waals surface area contributed by atoms with Crippen molar-refractivity contribution >= 4 is 11.6 Å². The van der Waals surface area contributed by atoms with E-state index in [-0.39, 0.29) is 12.5 Å². The van der Waals surface area contributed by atoms with Gasteiger partial charge in [-0.25, -0.2) is 9.67 Å². The summed E-state index contributed by atoms with van der Waals surface area (Å²) < 4.78 is 1.55. The quantitative estimate of drug-likeness (QED) is 0.835. The first-order valence-corrected chi connectivity index (χ1v) is 6.67. The number of carbonyl (C=O) groups is 1. The molecular formula is C14H19N5O. The molecule has 0 bridgehead atoms. The summed E-state index contributed by atoms with van der Waals surface area (Å²) in [6.07, 6.45) is 1.57. The number of rotatable bonds is 5. The number of nitrogens with zero attached hydrogens (tertiary/aromatic N) is 4. The summed E-state index contributed by atoms with van der Waals surface area (Å²) in [7, 11) is 0. The van der Waals surface area contributed by atoms with Gasteiger partial charge >= 0.3 is 0 Å². The number of hydrogen-bond donors (Lipinski definition) is 1. The lowest BCUT2D eigenvalue weighted by Crippen LogP contribution is -2.33. The number of nitrogens with two attached hydrogens (primary N) is 1. The zero-order valence-corrected chi connectivity index (χ0v) is 11.8. The Kier molecular flexibility index (Phi) is 4.34. The van der Waals surface area contributed by atoms with Gasteiger partial charge in [-0.2, -0.15) is 5.10 Å². The molecule has 0 atom stereocenters. The van der Waals surface area contributed by atoms with Crippen LogP contribution in [-0.4, -0.2) is 38.7 Å². The fourth-order valence-electron chi connectivity index (χ4n) is 2.00. The first-order chi connectivity index (χ1) is 9.63. The molecule has 6 nitrogen and oxygen atoms in total. The van der Waals surface area contributed by atoms with Crippen LogP contribution in [-0.2, 0) is 11.3 Å². The summed E-state index contributed by atoms with van der Waals surface area (Å²) in [5.74, 6) is 0.615. The molecule has 2 aromatic rings. The number of benzene rings is 1. The van der Waals surface area contributed by atoms with Crippen LogP contribution in [0.2, 0.25) is 0 Å². The van der Waals surface area contributed by atoms with E-state index in [1.54, 1.807) is 15.9 Å². The Hall–Kier alpha value is -2.37. The molecule has 0 spiro atoms. The van der Waals surface area contributed by atoms with Gasteiger partial charge in [0.05, 0.1) is 0 Å². The van der Waals surface area contributed by atoms with E-state index < -0.39 is 0 Å². The maximum absolute atomic E-state index is 12.0. The molecule has 6 heteroatoms. The smallest absolute Gasteiger partial charge is 0.244 e. The molecule has 2 N–H and O–H groups in total. The van der Waals surface area contributed by atoms with Gasteiger partial charge in [-0.3, -0.25) is 4.79 Å². The van der Waals surface area contributed by atoms with Crippen molar-refractivity contribution < 1.29 is 4.79 Å². The van der Waals surface area contributed by atoms with Gasteiger partial charge in [-0.15, -0.1) is 0 Å². The first kappa shape index (κ1) is 14.0. The zero-order chi connectivity index (χ0) is 14.5. The van der Waals surface area contributed by atoms with Gasteiger partial charge in [0.15, 0.2) is 5.82 Å². The second-order valence-electron chi connectivity index (χ2n) is 4.46. The van der Waals surface area contributed by atoms with Gasteiger partial charge in [0, 0.05) is 24.3 Å². The molecule has 1 aromatic carbocycles. The summed E-state index contributed by atoms with van der Waals surface area (Å²) in [6, 6.07) is 7.37. The van der Waals surface area contributed by atoms with Crippen molar-refractivity contribution in [3.63, 3.8) is 0 Å². The predicted molar refractivity (Wildman–Crippen MR) is 77.8 cm³/mol. The highest BCUT2D eigenvalue weighted by atomic mass is 16.2. The predicted octanol–water partition coefficient (Wildman–Crippen LogP) is 1.40. The van der Waals surface area contributed by atoms with Crippen molar-refractivity contribution in [1.29, 1.82) is 0 Å². The van der Waals surface area contributed by atoms with E-state index in [2.05, 4.69) is 10.1 Å². The van der Waals surface area contributed by atoms with Crippen LogP contribution in [0.4, 0.5) is 5.69 Å². The Morgan fingerprint density at radius 3 is 2.75 bits per heavy atom. The molecule has 0 saturated carbocycles. The minimum Gasteiger partial charge on any atom is -0.399 e.